The van der Waals surface area contributed by atoms with Gasteiger partial charge in [-0.3, -0.25) is 4.79 Å². The minimum absolute atomic E-state index is 0.234. The van der Waals surface area contributed by atoms with Crippen LogP contribution in [0.3, 0.4) is 0 Å². The first-order valence-corrected chi connectivity index (χ1v) is 8.16. The van der Waals surface area contributed by atoms with Gasteiger partial charge in [0.2, 0.25) is 5.91 Å². The first-order chi connectivity index (χ1) is 9.17. The van der Waals surface area contributed by atoms with Crippen LogP contribution in [0.2, 0.25) is 0 Å². The molecule has 3 nitrogen and oxygen atoms in total. The molecule has 1 aliphatic rings. The van der Waals surface area contributed by atoms with E-state index in [1.54, 1.807) is 0 Å². The molecule has 0 aromatic heterocycles. The zero-order chi connectivity index (χ0) is 14.1. The van der Waals surface area contributed by atoms with Crippen molar-refractivity contribution in [3.8, 4) is 0 Å². The molecular formula is C16H32N2O. The van der Waals surface area contributed by atoms with E-state index in [4.69, 9.17) is 5.73 Å². The standard InChI is InChI=1S/C16H32N2O/c1-3-6-14(11-12-17)9-10-16(19)18-13(2)15-7-4-5-8-15/h13-15H,3-12,17H2,1-2H3,(H,18,19). The molecule has 0 heterocycles. The van der Waals surface area contributed by atoms with Crippen molar-refractivity contribution < 1.29 is 4.79 Å². The van der Waals surface area contributed by atoms with Gasteiger partial charge in [-0.05, 0) is 51.0 Å². The Hall–Kier alpha value is -0.570. The number of carbonyl (C=O) groups excluding carboxylic acids is 1. The van der Waals surface area contributed by atoms with E-state index in [9.17, 15) is 4.79 Å². The number of nitrogens with one attached hydrogen (secondary N) is 1. The van der Waals surface area contributed by atoms with Crippen LogP contribution in [0.15, 0.2) is 0 Å². The summed E-state index contributed by atoms with van der Waals surface area (Å²) in [7, 11) is 0. The maximum absolute atomic E-state index is 12.0. The predicted molar refractivity (Wildman–Crippen MR) is 80.9 cm³/mol. The highest BCUT2D eigenvalue weighted by molar-refractivity contribution is 5.76. The quantitative estimate of drug-likeness (QED) is 0.674. The highest BCUT2D eigenvalue weighted by Gasteiger charge is 2.22. The number of amides is 1. The number of hydrogen-bond acceptors (Lipinski definition) is 2. The Labute approximate surface area is 118 Å². The fraction of sp³-hybridized carbons (Fsp3) is 0.938. The summed E-state index contributed by atoms with van der Waals surface area (Å²) in [6.45, 7) is 5.10. The molecular weight excluding hydrogens is 236 g/mol. The van der Waals surface area contributed by atoms with E-state index in [2.05, 4.69) is 19.2 Å². The summed E-state index contributed by atoms with van der Waals surface area (Å²) in [6, 6.07) is 0.356. The van der Waals surface area contributed by atoms with Crippen molar-refractivity contribution in [3.63, 3.8) is 0 Å². The van der Waals surface area contributed by atoms with E-state index in [-0.39, 0.29) is 5.91 Å². The van der Waals surface area contributed by atoms with Gasteiger partial charge in [0.15, 0.2) is 0 Å². The van der Waals surface area contributed by atoms with E-state index in [1.807, 2.05) is 0 Å². The maximum atomic E-state index is 12.0. The molecule has 0 saturated heterocycles. The summed E-state index contributed by atoms with van der Waals surface area (Å²) in [5, 5.41) is 3.19. The van der Waals surface area contributed by atoms with Crippen LogP contribution in [-0.4, -0.2) is 18.5 Å². The summed E-state index contributed by atoms with van der Waals surface area (Å²) in [5.41, 5.74) is 5.63. The second kappa shape index (κ2) is 9.35. The fourth-order valence-electron chi connectivity index (χ4n) is 3.31. The van der Waals surface area contributed by atoms with Crippen LogP contribution >= 0.6 is 0 Å². The summed E-state index contributed by atoms with van der Waals surface area (Å²) >= 11 is 0. The van der Waals surface area contributed by atoms with Crippen LogP contribution in [0.4, 0.5) is 0 Å². The van der Waals surface area contributed by atoms with E-state index in [0.717, 1.165) is 19.4 Å². The highest BCUT2D eigenvalue weighted by atomic mass is 16.1. The Morgan fingerprint density at radius 3 is 2.53 bits per heavy atom. The predicted octanol–water partition coefficient (Wildman–Crippen LogP) is 3.23. The lowest BCUT2D eigenvalue weighted by Gasteiger charge is -2.21. The first-order valence-electron chi connectivity index (χ1n) is 8.16. The van der Waals surface area contributed by atoms with Crippen LogP contribution in [0.5, 0.6) is 0 Å². The van der Waals surface area contributed by atoms with Gasteiger partial charge in [-0.1, -0.05) is 32.6 Å². The normalized spacial score (nSPS) is 19.3. The fourth-order valence-corrected chi connectivity index (χ4v) is 3.31. The Morgan fingerprint density at radius 1 is 1.26 bits per heavy atom. The summed E-state index contributed by atoms with van der Waals surface area (Å²) in [4.78, 5) is 12.0. The molecule has 1 saturated carbocycles. The van der Waals surface area contributed by atoms with Crippen molar-refractivity contribution in [2.75, 3.05) is 6.54 Å². The Kier molecular flexibility index (Phi) is 8.11. The van der Waals surface area contributed by atoms with Gasteiger partial charge in [0.25, 0.3) is 0 Å². The Morgan fingerprint density at radius 2 is 1.95 bits per heavy atom. The lowest BCUT2D eigenvalue weighted by molar-refractivity contribution is -0.122. The van der Waals surface area contributed by atoms with Gasteiger partial charge in [-0.15, -0.1) is 0 Å². The summed E-state index contributed by atoms with van der Waals surface area (Å²) in [6.07, 6.45) is 10.3. The zero-order valence-corrected chi connectivity index (χ0v) is 12.8. The number of nitrogens with two attached hydrogens (primary N) is 1. The molecule has 3 heteroatoms. The van der Waals surface area contributed by atoms with Crippen molar-refractivity contribution in [1.29, 1.82) is 0 Å². The van der Waals surface area contributed by atoms with Gasteiger partial charge in [-0.2, -0.15) is 0 Å². The molecule has 112 valence electrons. The van der Waals surface area contributed by atoms with Gasteiger partial charge < -0.3 is 11.1 Å². The molecule has 0 aliphatic heterocycles. The van der Waals surface area contributed by atoms with Crippen LogP contribution in [0.1, 0.15) is 71.6 Å². The highest BCUT2D eigenvalue weighted by Crippen LogP contribution is 2.27. The molecule has 3 N–H and O–H groups in total. The SMILES string of the molecule is CCCC(CCN)CCC(=O)NC(C)C1CCCC1. The third-order valence-electron chi connectivity index (χ3n) is 4.55. The van der Waals surface area contributed by atoms with E-state index < -0.39 is 0 Å². The number of hydrogen-bond donors (Lipinski definition) is 2. The van der Waals surface area contributed by atoms with E-state index >= 15 is 0 Å². The first kappa shape index (κ1) is 16.5. The molecule has 1 aliphatic carbocycles. The maximum Gasteiger partial charge on any atom is 0.220 e. The van der Waals surface area contributed by atoms with Crippen molar-refractivity contribution >= 4 is 5.91 Å². The molecule has 1 rings (SSSR count). The van der Waals surface area contributed by atoms with Gasteiger partial charge >= 0.3 is 0 Å². The minimum atomic E-state index is 0.234. The molecule has 0 bridgehead atoms. The zero-order valence-electron chi connectivity index (χ0n) is 12.8. The van der Waals surface area contributed by atoms with Crippen molar-refractivity contribution in [2.45, 2.75) is 77.7 Å². The number of rotatable bonds is 9. The minimum Gasteiger partial charge on any atom is -0.353 e. The van der Waals surface area contributed by atoms with Crippen LogP contribution in [-0.2, 0) is 4.79 Å². The lowest BCUT2D eigenvalue weighted by atomic mass is 9.94. The molecule has 1 fully saturated rings. The molecule has 1 amide bonds. The summed E-state index contributed by atoms with van der Waals surface area (Å²) < 4.78 is 0. The largest absolute Gasteiger partial charge is 0.353 e. The molecule has 2 atom stereocenters. The van der Waals surface area contributed by atoms with Gasteiger partial charge in [-0.25, -0.2) is 0 Å². The molecule has 19 heavy (non-hydrogen) atoms. The molecule has 0 aromatic rings. The summed E-state index contributed by atoms with van der Waals surface area (Å²) in [5.74, 6) is 1.57. The third-order valence-corrected chi connectivity index (χ3v) is 4.55. The molecule has 0 radical (unpaired) electrons. The van der Waals surface area contributed by atoms with Gasteiger partial charge in [0, 0.05) is 12.5 Å². The molecule has 2 unspecified atom stereocenters. The monoisotopic (exact) mass is 268 g/mol. The topological polar surface area (TPSA) is 55.1 Å². The smallest absolute Gasteiger partial charge is 0.220 e. The lowest BCUT2D eigenvalue weighted by Crippen LogP contribution is -2.37. The van der Waals surface area contributed by atoms with Crippen LogP contribution < -0.4 is 11.1 Å². The average Bonchev–Trinajstić information content (AvgIpc) is 2.90. The second-order valence-electron chi connectivity index (χ2n) is 6.17. The van der Waals surface area contributed by atoms with Crippen molar-refractivity contribution in [1.82, 2.24) is 5.32 Å². The second-order valence-corrected chi connectivity index (χ2v) is 6.17. The molecule has 0 aromatic carbocycles. The van der Waals surface area contributed by atoms with Crippen LogP contribution in [0.25, 0.3) is 0 Å². The van der Waals surface area contributed by atoms with Crippen molar-refractivity contribution in [3.05, 3.63) is 0 Å². The number of carbonyl (C=O) groups is 1. The average molecular weight is 268 g/mol. The van der Waals surface area contributed by atoms with E-state index in [0.29, 0.717) is 24.3 Å². The van der Waals surface area contributed by atoms with Gasteiger partial charge in [0.05, 0.1) is 0 Å². The Bertz CT molecular complexity index is 243. The van der Waals surface area contributed by atoms with E-state index in [1.165, 1.54) is 38.5 Å². The Balaban J connectivity index is 2.21. The third kappa shape index (κ3) is 6.42. The van der Waals surface area contributed by atoms with Crippen molar-refractivity contribution in [2.24, 2.45) is 17.6 Å². The van der Waals surface area contributed by atoms with Gasteiger partial charge in [0.1, 0.15) is 0 Å². The van der Waals surface area contributed by atoms with Crippen LogP contribution in [0, 0.1) is 11.8 Å². The molecule has 0 spiro atoms.